The highest BCUT2D eigenvalue weighted by Crippen LogP contribution is 2.25. The number of halogens is 1. The molecule has 0 aliphatic rings. The van der Waals surface area contributed by atoms with Gasteiger partial charge in [0.05, 0.1) is 11.4 Å². The number of hydrogen-bond donors (Lipinski definition) is 2. The fraction of sp³-hybridized carbons (Fsp3) is 0.273. The summed E-state index contributed by atoms with van der Waals surface area (Å²) >= 11 is 5.81. The van der Waals surface area contributed by atoms with Gasteiger partial charge in [-0.25, -0.2) is 0 Å². The highest BCUT2D eigenvalue weighted by Gasteiger charge is 2.07. The predicted octanol–water partition coefficient (Wildman–Crippen LogP) is 2.65. The summed E-state index contributed by atoms with van der Waals surface area (Å²) in [5.74, 6) is -0.330. The number of rotatable bonds is 3. The molecule has 16 heavy (non-hydrogen) atoms. The van der Waals surface area contributed by atoms with Crippen molar-refractivity contribution in [3.05, 3.63) is 23.2 Å². The van der Waals surface area contributed by atoms with Gasteiger partial charge in [-0.1, -0.05) is 18.5 Å². The molecular formula is C11H13ClN2O2. The molecule has 1 aromatic rings. The van der Waals surface area contributed by atoms with E-state index in [1.54, 1.807) is 25.1 Å². The van der Waals surface area contributed by atoms with Gasteiger partial charge in [-0.15, -0.1) is 0 Å². The summed E-state index contributed by atoms with van der Waals surface area (Å²) in [7, 11) is 0. The summed E-state index contributed by atoms with van der Waals surface area (Å²) in [4.78, 5) is 22.2. The van der Waals surface area contributed by atoms with Crippen molar-refractivity contribution in [2.24, 2.45) is 0 Å². The highest BCUT2D eigenvalue weighted by molar-refractivity contribution is 6.31. The molecular weight excluding hydrogens is 228 g/mol. The van der Waals surface area contributed by atoms with Crippen LogP contribution >= 0.6 is 11.6 Å². The Bertz CT molecular complexity index is 418. The summed E-state index contributed by atoms with van der Waals surface area (Å²) in [5, 5.41) is 5.78. The van der Waals surface area contributed by atoms with E-state index in [1.165, 1.54) is 6.92 Å². The third-order valence-electron chi connectivity index (χ3n) is 1.89. The summed E-state index contributed by atoms with van der Waals surface area (Å²) in [6.45, 7) is 3.15. The van der Waals surface area contributed by atoms with Crippen molar-refractivity contribution < 1.29 is 9.59 Å². The van der Waals surface area contributed by atoms with E-state index in [1.807, 2.05) is 0 Å². The van der Waals surface area contributed by atoms with Gasteiger partial charge >= 0.3 is 0 Å². The highest BCUT2D eigenvalue weighted by atomic mass is 35.5. The Morgan fingerprint density at radius 2 is 1.94 bits per heavy atom. The van der Waals surface area contributed by atoms with Crippen LogP contribution in [0.3, 0.4) is 0 Å². The second kappa shape index (κ2) is 5.51. The molecule has 4 nitrogen and oxygen atoms in total. The maximum absolute atomic E-state index is 11.2. The van der Waals surface area contributed by atoms with Crippen molar-refractivity contribution in [3.8, 4) is 0 Å². The zero-order valence-electron chi connectivity index (χ0n) is 9.13. The number of hydrogen-bond acceptors (Lipinski definition) is 2. The predicted molar refractivity (Wildman–Crippen MR) is 64.7 cm³/mol. The Kier molecular flexibility index (Phi) is 4.31. The third-order valence-corrected chi connectivity index (χ3v) is 2.12. The topological polar surface area (TPSA) is 58.2 Å². The summed E-state index contributed by atoms with van der Waals surface area (Å²) in [5.41, 5.74) is 1.05. The van der Waals surface area contributed by atoms with Crippen LogP contribution in [0.15, 0.2) is 18.2 Å². The smallest absolute Gasteiger partial charge is 0.224 e. The van der Waals surface area contributed by atoms with Gasteiger partial charge in [-0.05, 0) is 18.2 Å². The minimum absolute atomic E-state index is 0.117. The van der Waals surface area contributed by atoms with Gasteiger partial charge in [0.15, 0.2) is 0 Å². The van der Waals surface area contributed by atoms with Gasteiger partial charge in [-0.3, -0.25) is 9.59 Å². The fourth-order valence-corrected chi connectivity index (χ4v) is 1.33. The molecule has 5 heteroatoms. The van der Waals surface area contributed by atoms with Gasteiger partial charge in [0.1, 0.15) is 0 Å². The first-order chi connectivity index (χ1) is 7.52. The van der Waals surface area contributed by atoms with Crippen LogP contribution in [0.4, 0.5) is 11.4 Å². The number of nitrogens with one attached hydrogen (secondary N) is 2. The van der Waals surface area contributed by atoms with Crippen molar-refractivity contribution >= 4 is 34.8 Å². The quantitative estimate of drug-likeness (QED) is 0.853. The van der Waals surface area contributed by atoms with Crippen molar-refractivity contribution in [2.75, 3.05) is 10.6 Å². The first kappa shape index (κ1) is 12.5. The lowest BCUT2D eigenvalue weighted by molar-refractivity contribution is -0.116. The zero-order valence-corrected chi connectivity index (χ0v) is 9.89. The average molecular weight is 241 g/mol. The maximum Gasteiger partial charge on any atom is 0.224 e. The first-order valence-electron chi connectivity index (χ1n) is 4.90. The molecule has 2 amide bonds. The number of benzene rings is 1. The molecule has 2 N–H and O–H groups in total. The monoisotopic (exact) mass is 240 g/mol. The molecule has 0 atom stereocenters. The van der Waals surface area contributed by atoms with Gasteiger partial charge in [0.25, 0.3) is 0 Å². The average Bonchev–Trinajstić information content (AvgIpc) is 2.21. The summed E-state index contributed by atoms with van der Waals surface area (Å²) in [6.07, 6.45) is 0.377. The van der Waals surface area contributed by atoms with E-state index in [2.05, 4.69) is 10.6 Å². The van der Waals surface area contributed by atoms with E-state index < -0.39 is 0 Å². The van der Waals surface area contributed by atoms with Crippen molar-refractivity contribution in [1.82, 2.24) is 0 Å². The Balaban J connectivity index is 2.97. The van der Waals surface area contributed by atoms with E-state index in [4.69, 9.17) is 11.6 Å². The molecule has 0 fully saturated rings. The van der Waals surface area contributed by atoms with Crippen molar-refractivity contribution in [2.45, 2.75) is 20.3 Å². The van der Waals surface area contributed by atoms with Crippen molar-refractivity contribution in [1.29, 1.82) is 0 Å². The Hall–Kier alpha value is -1.55. The van der Waals surface area contributed by atoms with Gasteiger partial charge in [0, 0.05) is 18.4 Å². The number of amides is 2. The maximum atomic E-state index is 11.2. The molecule has 0 unspecified atom stereocenters. The van der Waals surface area contributed by atoms with E-state index in [-0.39, 0.29) is 11.8 Å². The normalized spacial score (nSPS) is 9.69. The van der Waals surface area contributed by atoms with Gasteiger partial charge < -0.3 is 10.6 Å². The van der Waals surface area contributed by atoms with Crippen LogP contribution in [-0.4, -0.2) is 11.8 Å². The molecule has 0 radical (unpaired) electrons. The number of carbonyl (C=O) groups excluding carboxylic acids is 2. The molecule has 1 rings (SSSR count). The number of carbonyl (C=O) groups is 2. The Morgan fingerprint density at radius 1 is 1.25 bits per heavy atom. The Morgan fingerprint density at radius 3 is 2.50 bits per heavy atom. The van der Waals surface area contributed by atoms with Gasteiger partial charge in [-0.2, -0.15) is 0 Å². The van der Waals surface area contributed by atoms with E-state index in [0.29, 0.717) is 22.8 Å². The summed E-state index contributed by atoms with van der Waals surface area (Å²) < 4.78 is 0. The first-order valence-corrected chi connectivity index (χ1v) is 5.27. The second-order valence-corrected chi connectivity index (χ2v) is 3.71. The third kappa shape index (κ3) is 3.55. The van der Waals surface area contributed by atoms with E-state index in [0.717, 1.165) is 0 Å². The minimum atomic E-state index is -0.214. The molecule has 0 aliphatic carbocycles. The second-order valence-electron chi connectivity index (χ2n) is 3.27. The van der Waals surface area contributed by atoms with Crippen LogP contribution < -0.4 is 10.6 Å². The lowest BCUT2D eigenvalue weighted by Crippen LogP contribution is -2.13. The largest absolute Gasteiger partial charge is 0.324 e. The van der Waals surface area contributed by atoms with Crippen molar-refractivity contribution in [3.63, 3.8) is 0 Å². The zero-order chi connectivity index (χ0) is 12.1. The number of anilines is 2. The van der Waals surface area contributed by atoms with Crippen LogP contribution in [0.25, 0.3) is 0 Å². The standard InChI is InChI=1S/C11H13ClN2O2/c1-3-11(16)14-9-5-4-8(12)6-10(9)13-7(2)15/h4-6H,3H2,1-2H3,(H,13,15)(H,14,16). The summed E-state index contributed by atoms with van der Waals surface area (Å²) in [6, 6.07) is 4.90. The van der Waals surface area contributed by atoms with Gasteiger partial charge in [0.2, 0.25) is 11.8 Å². The lowest BCUT2D eigenvalue weighted by atomic mass is 10.2. The molecule has 0 aliphatic heterocycles. The molecule has 0 spiro atoms. The van der Waals surface area contributed by atoms with E-state index >= 15 is 0 Å². The lowest BCUT2D eigenvalue weighted by Gasteiger charge is -2.11. The molecule has 1 aromatic carbocycles. The Labute approximate surface area is 99.0 Å². The molecule has 0 bridgehead atoms. The van der Waals surface area contributed by atoms with Crippen LogP contribution in [0.1, 0.15) is 20.3 Å². The van der Waals surface area contributed by atoms with E-state index in [9.17, 15) is 9.59 Å². The fourth-order valence-electron chi connectivity index (χ4n) is 1.16. The van der Waals surface area contributed by atoms with Crippen LogP contribution in [0.5, 0.6) is 0 Å². The van der Waals surface area contributed by atoms with Crippen LogP contribution in [0, 0.1) is 0 Å². The molecule has 0 saturated carbocycles. The molecule has 0 heterocycles. The molecule has 0 aromatic heterocycles. The molecule has 0 saturated heterocycles. The molecule has 86 valence electrons. The minimum Gasteiger partial charge on any atom is -0.324 e. The van der Waals surface area contributed by atoms with Crippen LogP contribution in [0.2, 0.25) is 5.02 Å². The van der Waals surface area contributed by atoms with Crippen LogP contribution in [-0.2, 0) is 9.59 Å². The SMILES string of the molecule is CCC(=O)Nc1ccc(Cl)cc1NC(C)=O.